The Hall–Kier alpha value is -2.21. The van der Waals surface area contributed by atoms with Gasteiger partial charge in [-0.05, 0) is 26.0 Å². The van der Waals surface area contributed by atoms with Gasteiger partial charge in [-0.1, -0.05) is 11.2 Å². The van der Waals surface area contributed by atoms with Crippen molar-refractivity contribution in [1.82, 2.24) is 15.0 Å². The van der Waals surface area contributed by atoms with Crippen LogP contribution in [-0.2, 0) is 11.3 Å². The van der Waals surface area contributed by atoms with Crippen LogP contribution < -0.4 is 0 Å². The number of likely N-dealkylation sites (tertiary alicyclic amines) is 1. The molecule has 2 atom stereocenters. The Labute approximate surface area is 128 Å². The quantitative estimate of drug-likeness (QED) is 0.930. The molecule has 1 N–H and O–H groups in total. The molecule has 1 aliphatic heterocycles. The topological polar surface area (TPSA) is 79.5 Å². The summed E-state index contributed by atoms with van der Waals surface area (Å²) in [5.74, 6) is -0.489. The summed E-state index contributed by atoms with van der Waals surface area (Å²) in [6, 6.07) is 5.65. The average molecular weight is 301 g/mol. The van der Waals surface area contributed by atoms with Crippen molar-refractivity contribution in [3.8, 4) is 0 Å². The highest BCUT2D eigenvalue weighted by Gasteiger charge is 2.39. The van der Waals surface area contributed by atoms with Gasteiger partial charge in [-0.25, -0.2) is 0 Å². The van der Waals surface area contributed by atoms with Gasteiger partial charge in [-0.3, -0.25) is 14.7 Å². The van der Waals surface area contributed by atoms with Gasteiger partial charge in [0.2, 0.25) is 0 Å². The number of pyridine rings is 1. The second-order valence-corrected chi connectivity index (χ2v) is 5.80. The zero-order chi connectivity index (χ0) is 15.7. The Morgan fingerprint density at radius 3 is 2.82 bits per heavy atom. The first-order valence-electron chi connectivity index (χ1n) is 7.34. The Bertz CT molecular complexity index is 649. The van der Waals surface area contributed by atoms with Crippen LogP contribution >= 0.6 is 0 Å². The normalized spacial score (nSPS) is 22.1. The van der Waals surface area contributed by atoms with Gasteiger partial charge in [-0.2, -0.15) is 0 Å². The number of rotatable bonds is 4. The molecule has 1 fully saturated rings. The molecule has 0 saturated carbocycles. The lowest BCUT2D eigenvalue weighted by Crippen LogP contribution is -2.23. The van der Waals surface area contributed by atoms with E-state index in [4.69, 9.17) is 4.52 Å². The lowest BCUT2D eigenvalue weighted by molar-refractivity contribution is -0.141. The molecule has 0 bridgehead atoms. The number of aromatic nitrogens is 2. The van der Waals surface area contributed by atoms with E-state index in [0.29, 0.717) is 19.6 Å². The minimum Gasteiger partial charge on any atom is -0.481 e. The molecule has 1 saturated heterocycles. The molecular formula is C16H19N3O3. The van der Waals surface area contributed by atoms with Crippen LogP contribution in [0.15, 0.2) is 28.9 Å². The number of aliphatic carboxylic acids is 1. The highest BCUT2D eigenvalue weighted by molar-refractivity contribution is 5.72. The lowest BCUT2D eigenvalue weighted by Gasteiger charge is -2.15. The van der Waals surface area contributed by atoms with Crippen molar-refractivity contribution in [2.75, 3.05) is 13.1 Å². The molecule has 0 aromatic carbocycles. The van der Waals surface area contributed by atoms with Gasteiger partial charge < -0.3 is 9.63 Å². The standard InChI is InChI=1S/C16H19N3O3/c1-10-12(11(2)22-18-10)7-19-8-13(14(9-19)16(20)21)15-5-3-4-6-17-15/h3-6,13-14H,7-9H2,1-2H3,(H,20,21)/t13-,14-/m0/s1. The smallest absolute Gasteiger partial charge is 0.308 e. The van der Waals surface area contributed by atoms with E-state index in [1.807, 2.05) is 32.0 Å². The number of carboxylic acids is 1. The molecule has 1 aliphatic rings. The summed E-state index contributed by atoms with van der Waals surface area (Å²) in [6.45, 7) is 5.65. The number of carboxylic acid groups (broad SMARTS) is 1. The molecule has 2 aromatic heterocycles. The first kappa shape index (κ1) is 14.7. The molecule has 22 heavy (non-hydrogen) atoms. The maximum Gasteiger partial charge on any atom is 0.308 e. The molecule has 3 rings (SSSR count). The SMILES string of the molecule is Cc1noc(C)c1CN1C[C@H](C(=O)O)[C@@H](c2ccccn2)C1. The summed E-state index contributed by atoms with van der Waals surface area (Å²) in [4.78, 5) is 18.1. The zero-order valence-electron chi connectivity index (χ0n) is 12.7. The summed E-state index contributed by atoms with van der Waals surface area (Å²) in [7, 11) is 0. The van der Waals surface area contributed by atoms with Crippen molar-refractivity contribution in [3.05, 3.63) is 47.1 Å². The summed E-state index contributed by atoms with van der Waals surface area (Å²) in [5, 5.41) is 13.5. The molecule has 6 nitrogen and oxygen atoms in total. The van der Waals surface area contributed by atoms with Crippen molar-refractivity contribution < 1.29 is 14.4 Å². The third-order valence-electron chi connectivity index (χ3n) is 4.34. The van der Waals surface area contributed by atoms with Crippen LogP contribution in [0.25, 0.3) is 0 Å². The zero-order valence-corrected chi connectivity index (χ0v) is 12.7. The Morgan fingerprint density at radius 2 is 2.23 bits per heavy atom. The fraction of sp³-hybridized carbons (Fsp3) is 0.438. The van der Waals surface area contributed by atoms with Gasteiger partial charge in [0.1, 0.15) is 5.76 Å². The van der Waals surface area contributed by atoms with E-state index in [1.165, 1.54) is 0 Å². The third-order valence-corrected chi connectivity index (χ3v) is 4.34. The molecule has 116 valence electrons. The predicted octanol–water partition coefficient (Wildman–Crippen LogP) is 1.99. The molecule has 0 amide bonds. The number of nitrogens with zero attached hydrogens (tertiary/aromatic N) is 3. The fourth-order valence-electron chi connectivity index (χ4n) is 3.11. The summed E-state index contributed by atoms with van der Waals surface area (Å²) in [6.07, 6.45) is 1.71. The maximum atomic E-state index is 11.6. The van der Waals surface area contributed by atoms with Crippen LogP contribution in [0.4, 0.5) is 0 Å². The summed E-state index contributed by atoms with van der Waals surface area (Å²) >= 11 is 0. The van der Waals surface area contributed by atoms with Crippen molar-refractivity contribution in [2.45, 2.75) is 26.3 Å². The van der Waals surface area contributed by atoms with E-state index < -0.39 is 11.9 Å². The van der Waals surface area contributed by atoms with Crippen LogP contribution in [-0.4, -0.2) is 39.2 Å². The lowest BCUT2D eigenvalue weighted by atomic mass is 9.93. The Kier molecular flexibility index (Phi) is 3.94. The molecule has 0 spiro atoms. The first-order valence-corrected chi connectivity index (χ1v) is 7.34. The van der Waals surface area contributed by atoms with Crippen LogP contribution in [0, 0.1) is 19.8 Å². The first-order chi connectivity index (χ1) is 10.6. The van der Waals surface area contributed by atoms with Crippen LogP contribution in [0.2, 0.25) is 0 Å². The van der Waals surface area contributed by atoms with E-state index in [1.54, 1.807) is 6.20 Å². The second-order valence-electron chi connectivity index (χ2n) is 5.80. The average Bonchev–Trinajstić information content (AvgIpc) is 3.07. The largest absolute Gasteiger partial charge is 0.481 e. The molecule has 0 unspecified atom stereocenters. The van der Waals surface area contributed by atoms with E-state index >= 15 is 0 Å². The van der Waals surface area contributed by atoms with E-state index in [9.17, 15) is 9.90 Å². The van der Waals surface area contributed by atoms with Crippen molar-refractivity contribution in [2.24, 2.45) is 5.92 Å². The fourth-order valence-corrected chi connectivity index (χ4v) is 3.11. The van der Waals surface area contributed by atoms with Crippen molar-refractivity contribution >= 4 is 5.97 Å². The Morgan fingerprint density at radius 1 is 1.41 bits per heavy atom. The second kappa shape index (κ2) is 5.88. The highest BCUT2D eigenvalue weighted by Crippen LogP contribution is 2.33. The van der Waals surface area contributed by atoms with Crippen LogP contribution in [0.1, 0.15) is 28.6 Å². The summed E-state index contributed by atoms with van der Waals surface area (Å²) in [5.41, 5.74) is 2.76. The number of carbonyl (C=O) groups is 1. The minimum absolute atomic E-state index is 0.0841. The van der Waals surface area contributed by atoms with Crippen molar-refractivity contribution in [3.63, 3.8) is 0 Å². The van der Waals surface area contributed by atoms with E-state index in [2.05, 4.69) is 15.0 Å². The van der Waals surface area contributed by atoms with Gasteiger partial charge in [0.15, 0.2) is 0 Å². The molecule has 2 aromatic rings. The predicted molar refractivity (Wildman–Crippen MR) is 79.4 cm³/mol. The van der Waals surface area contributed by atoms with Gasteiger partial charge in [-0.15, -0.1) is 0 Å². The Balaban J connectivity index is 1.80. The van der Waals surface area contributed by atoms with Gasteiger partial charge in [0.05, 0.1) is 11.6 Å². The number of hydrogen-bond donors (Lipinski definition) is 1. The number of aryl methyl sites for hydroxylation is 2. The van der Waals surface area contributed by atoms with Crippen molar-refractivity contribution in [1.29, 1.82) is 0 Å². The monoisotopic (exact) mass is 301 g/mol. The molecular weight excluding hydrogens is 282 g/mol. The van der Waals surface area contributed by atoms with E-state index in [0.717, 1.165) is 22.7 Å². The third kappa shape index (κ3) is 2.74. The van der Waals surface area contributed by atoms with E-state index in [-0.39, 0.29) is 5.92 Å². The minimum atomic E-state index is -0.767. The van der Waals surface area contributed by atoms with Gasteiger partial charge >= 0.3 is 5.97 Å². The molecule has 0 aliphatic carbocycles. The van der Waals surface area contributed by atoms with Crippen LogP contribution in [0.5, 0.6) is 0 Å². The molecule has 0 radical (unpaired) electrons. The molecule has 6 heteroatoms. The maximum absolute atomic E-state index is 11.6. The van der Waals surface area contributed by atoms with Gasteiger partial charge in [0.25, 0.3) is 0 Å². The van der Waals surface area contributed by atoms with Crippen LogP contribution in [0.3, 0.4) is 0 Å². The van der Waals surface area contributed by atoms with Gasteiger partial charge in [0, 0.05) is 43.0 Å². The molecule has 3 heterocycles. The number of hydrogen-bond acceptors (Lipinski definition) is 5. The summed E-state index contributed by atoms with van der Waals surface area (Å²) < 4.78 is 5.19. The highest BCUT2D eigenvalue weighted by atomic mass is 16.5.